The molecule has 0 spiro atoms. The fourth-order valence-electron chi connectivity index (χ4n) is 2.54. The van der Waals surface area contributed by atoms with Gasteiger partial charge in [-0.15, -0.1) is 0 Å². The number of piperidine rings is 1. The van der Waals surface area contributed by atoms with Gasteiger partial charge in [-0.2, -0.15) is 5.10 Å². The monoisotopic (exact) mass is 271 g/mol. The van der Waals surface area contributed by atoms with Gasteiger partial charge in [0.25, 0.3) is 0 Å². The van der Waals surface area contributed by atoms with E-state index in [0.29, 0.717) is 12.6 Å². The number of rotatable bonds is 5. The number of hydrogen-bond donors (Lipinski definition) is 1. The first-order valence-corrected chi connectivity index (χ1v) is 7.33. The van der Waals surface area contributed by atoms with Crippen LogP contribution >= 0.6 is 0 Å². The summed E-state index contributed by atoms with van der Waals surface area (Å²) in [6.07, 6.45) is 5.80. The van der Waals surface area contributed by atoms with Crippen LogP contribution in [0.1, 0.15) is 25.0 Å². The molecule has 0 amide bonds. The van der Waals surface area contributed by atoms with E-state index in [0.717, 1.165) is 24.5 Å². The zero-order valence-corrected chi connectivity index (χ0v) is 11.7. The van der Waals surface area contributed by atoms with Crippen molar-refractivity contribution in [2.45, 2.75) is 31.9 Å². The molecule has 0 radical (unpaired) electrons. The summed E-state index contributed by atoms with van der Waals surface area (Å²) >= 11 is 0. The maximum absolute atomic E-state index is 5.77. The van der Waals surface area contributed by atoms with Crippen LogP contribution in [-0.2, 0) is 11.3 Å². The Balaban J connectivity index is 1.50. The third-order valence-corrected chi connectivity index (χ3v) is 3.65. The molecule has 1 aliphatic rings. The van der Waals surface area contributed by atoms with E-state index in [4.69, 9.17) is 4.74 Å². The Hall–Kier alpha value is -1.65. The molecule has 4 heteroatoms. The van der Waals surface area contributed by atoms with Gasteiger partial charge in [-0.3, -0.25) is 0 Å². The van der Waals surface area contributed by atoms with Crippen LogP contribution in [0.25, 0.3) is 5.69 Å². The molecule has 0 aliphatic carbocycles. The maximum atomic E-state index is 5.77. The van der Waals surface area contributed by atoms with Crippen molar-refractivity contribution in [1.82, 2.24) is 15.1 Å². The summed E-state index contributed by atoms with van der Waals surface area (Å²) in [5.74, 6) is 0. The molecule has 1 aliphatic heterocycles. The molecular formula is C16H21N3O. The topological polar surface area (TPSA) is 39.1 Å². The van der Waals surface area contributed by atoms with E-state index >= 15 is 0 Å². The summed E-state index contributed by atoms with van der Waals surface area (Å²) in [5, 5.41) is 8.02. The molecule has 106 valence electrons. The zero-order chi connectivity index (χ0) is 13.6. The molecule has 0 saturated carbocycles. The van der Waals surface area contributed by atoms with Crippen molar-refractivity contribution in [1.29, 1.82) is 0 Å². The number of benzene rings is 1. The zero-order valence-electron chi connectivity index (χ0n) is 11.7. The predicted molar refractivity (Wildman–Crippen MR) is 78.9 cm³/mol. The summed E-state index contributed by atoms with van der Waals surface area (Å²) in [7, 11) is 0. The summed E-state index contributed by atoms with van der Waals surface area (Å²) < 4.78 is 7.66. The highest BCUT2D eigenvalue weighted by Gasteiger charge is 2.12. The molecule has 1 aromatic heterocycles. The Morgan fingerprint density at radius 2 is 2.10 bits per heavy atom. The van der Waals surface area contributed by atoms with Gasteiger partial charge in [0.15, 0.2) is 0 Å². The van der Waals surface area contributed by atoms with E-state index in [-0.39, 0.29) is 0 Å². The van der Waals surface area contributed by atoms with E-state index in [2.05, 4.69) is 10.4 Å². The van der Waals surface area contributed by atoms with E-state index < -0.39 is 0 Å². The van der Waals surface area contributed by atoms with Crippen LogP contribution in [0.4, 0.5) is 0 Å². The van der Waals surface area contributed by atoms with Crippen LogP contribution in [0.15, 0.2) is 42.6 Å². The van der Waals surface area contributed by atoms with Gasteiger partial charge in [0.1, 0.15) is 0 Å². The number of nitrogens with one attached hydrogen (secondary N) is 1. The molecule has 2 aromatic rings. The number of hydrogen-bond acceptors (Lipinski definition) is 3. The van der Waals surface area contributed by atoms with Gasteiger partial charge in [0.2, 0.25) is 0 Å². The molecule has 1 atom stereocenters. The Morgan fingerprint density at radius 1 is 1.20 bits per heavy atom. The number of para-hydroxylation sites is 1. The SMILES string of the molecule is c1ccc(-n2ccc(COCC3CCCCN3)n2)cc1. The van der Waals surface area contributed by atoms with Gasteiger partial charge in [-0.05, 0) is 37.6 Å². The summed E-state index contributed by atoms with van der Waals surface area (Å²) in [6.45, 7) is 2.48. The highest BCUT2D eigenvalue weighted by Crippen LogP contribution is 2.10. The van der Waals surface area contributed by atoms with Crippen LogP contribution in [0.2, 0.25) is 0 Å². The average molecular weight is 271 g/mol. The largest absolute Gasteiger partial charge is 0.373 e. The third kappa shape index (κ3) is 3.46. The number of aromatic nitrogens is 2. The van der Waals surface area contributed by atoms with Gasteiger partial charge < -0.3 is 10.1 Å². The molecule has 2 heterocycles. The molecule has 20 heavy (non-hydrogen) atoms. The Kier molecular flexibility index (Phi) is 4.46. The van der Waals surface area contributed by atoms with E-state index in [1.54, 1.807) is 0 Å². The van der Waals surface area contributed by atoms with E-state index in [1.807, 2.05) is 47.3 Å². The lowest BCUT2D eigenvalue weighted by molar-refractivity contribution is 0.0888. The second-order valence-corrected chi connectivity index (χ2v) is 5.25. The normalized spacial score (nSPS) is 19.1. The smallest absolute Gasteiger partial charge is 0.0907 e. The van der Waals surface area contributed by atoms with E-state index in [9.17, 15) is 0 Å². The highest BCUT2D eigenvalue weighted by atomic mass is 16.5. The summed E-state index contributed by atoms with van der Waals surface area (Å²) in [6, 6.07) is 12.7. The summed E-state index contributed by atoms with van der Waals surface area (Å²) in [5.41, 5.74) is 2.05. The lowest BCUT2D eigenvalue weighted by atomic mass is 10.1. The minimum Gasteiger partial charge on any atom is -0.373 e. The van der Waals surface area contributed by atoms with Crippen LogP contribution in [0, 0.1) is 0 Å². The van der Waals surface area contributed by atoms with Crippen molar-refractivity contribution in [3.63, 3.8) is 0 Å². The molecule has 0 bridgehead atoms. The van der Waals surface area contributed by atoms with Crippen LogP contribution in [0.3, 0.4) is 0 Å². The van der Waals surface area contributed by atoms with Gasteiger partial charge in [-0.25, -0.2) is 4.68 Å². The first-order chi connectivity index (χ1) is 9.92. The molecular weight excluding hydrogens is 250 g/mol. The minimum atomic E-state index is 0.514. The van der Waals surface area contributed by atoms with Gasteiger partial charge >= 0.3 is 0 Å². The molecule has 1 saturated heterocycles. The Bertz CT molecular complexity index is 518. The molecule has 4 nitrogen and oxygen atoms in total. The molecule has 1 N–H and O–H groups in total. The van der Waals surface area contributed by atoms with Gasteiger partial charge in [0.05, 0.1) is 24.6 Å². The quantitative estimate of drug-likeness (QED) is 0.908. The van der Waals surface area contributed by atoms with Crippen molar-refractivity contribution >= 4 is 0 Å². The Labute approximate surface area is 119 Å². The van der Waals surface area contributed by atoms with Crippen LogP contribution in [0.5, 0.6) is 0 Å². The van der Waals surface area contributed by atoms with Gasteiger partial charge in [0, 0.05) is 12.2 Å². The molecule has 1 unspecified atom stereocenters. The lowest BCUT2D eigenvalue weighted by Crippen LogP contribution is -2.37. The van der Waals surface area contributed by atoms with Crippen LogP contribution in [-0.4, -0.2) is 29.0 Å². The second-order valence-electron chi connectivity index (χ2n) is 5.25. The molecule has 1 fully saturated rings. The Morgan fingerprint density at radius 3 is 2.90 bits per heavy atom. The first-order valence-electron chi connectivity index (χ1n) is 7.33. The minimum absolute atomic E-state index is 0.514. The third-order valence-electron chi connectivity index (χ3n) is 3.65. The highest BCUT2D eigenvalue weighted by molar-refractivity contribution is 5.30. The molecule has 3 rings (SSSR count). The lowest BCUT2D eigenvalue weighted by Gasteiger charge is -2.22. The maximum Gasteiger partial charge on any atom is 0.0907 e. The number of nitrogens with zero attached hydrogens (tertiary/aromatic N) is 2. The summed E-state index contributed by atoms with van der Waals surface area (Å²) in [4.78, 5) is 0. The average Bonchev–Trinajstić information content (AvgIpc) is 2.98. The van der Waals surface area contributed by atoms with Crippen molar-refractivity contribution in [2.24, 2.45) is 0 Å². The van der Waals surface area contributed by atoms with Crippen LogP contribution < -0.4 is 5.32 Å². The fraction of sp³-hybridized carbons (Fsp3) is 0.438. The number of ether oxygens (including phenoxy) is 1. The standard InChI is InChI=1S/C16H21N3O/c1-2-7-16(8-3-1)19-11-9-15(18-19)13-20-12-14-6-4-5-10-17-14/h1-3,7-9,11,14,17H,4-6,10,12-13H2. The van der Waals surface area contributed by atoms with Crippen molar-refractivity contribution in [2.75, 3.05) is 13.2 Å². The fourth-order valence-corrected chi connectivity index (χ4v) is 2.54. The van der Waals surface area contributed by atoms with Crippen molar-refractivity contribution < 1.29 is 4.74 Å². The second kappa shape index (κ2) is 6.68. The first kappa shape index (κ1) is 13.3. The van der Waals surface area contributed by atoms with E-state index in [1.165, 1.54) is 19.3 Å². The predicted octanol–water partition coefficient (Wildman–Crippen LogP) is 2.53. The molecule has 1 aromatic carbocycles. The van der Waals surface area contributed by atoms with Crippen molar-refractivity contribution in [3.8, 4) is 5.69 Å². The van der Waals surface area contributed by atoms with Crippen molar-refractivity contribution in [3.05, 3.63) is 48.3 Å². The van der Waals surface area contributed by atoms with Gasteiger partial charge in [-0.1, -0.05) is 24.6 Å².